The first kappa shape index (κ1) is 11.3. The van der Waals surface area contributed by atoms with Gasteiger partial charge in [0.05, 0.1) is 17.1 Å². The predicted octanol–water partition coefficient (Wildman–Crippen LogP) is 2.74. The Hall–Kier alpha value is -1.23. The number of fused-ring (bicyclic) bond motifs is 1. The summed E-state index contributed by atoms with van der Waals surface area (Å²) in [5.74, 6) is -0.509. The molecule has 1 aromatic carbocycles. The van der Waals surface area contributed by atoms with Gasteiger partial charge in [0.1, 0.15) is 16.4 Å². The minimum atomic E-state index is -0.600. The van der Waals surface area contributed by atoms with Gasteiger partial charge in [-0.2, -0.15) is 5.10 Å². The number of hydrogen-bond acceptors (Lipinski definition) is 2. The fraction of sp³-hybridized carbons (Fsp3) is 0.273. The first-order valence-electron chi connectivity index (χ1n) is 4.77. The lowest BCUT2D eigenvalue weighted by Gasteiger charge is -2.08. The van der Waals surface area contributed by atoms with E-state index in [0.29, 0.717) is 16.5 Å². The van der Waals surface area contributed by atoms with Gasteiger partial charge in [0, 0.05) is 12.6 Å². The molecule has 0 aliphatic heterocycles. The molecule has 0 fully saturated rings. The third-order valence-corrected chi connectivity index (χ3v) is 3.66. The fourth-order valence-corrected chi connectivity index (χ4v) is 1.98. The molecule has 5 heteroatoms. The summed E-state index contributed by atoms with van der Waals surface area (Å²) in [6.07, 6.45) is 1.47. The lowest BCUT2D eigenvalue weighted by molar-refractivity contribution is -0.116. The number of carbonyl (C=O) groups excluding carboxylic acids is 1. The van der Waals surface area contributed by atoms with Gasteiger partial charge in [-0.25, -0.2) is 4.39 Å². The summed E-state index contributed by atoms with van der Waals surface area (Å²) in [7, 11) is 1.75. The van der Waals surface area contributed by atoms with Crippen LogP contribution in [0.4, 0.5) is 4.39 Å². The minimum absolute atomic E-state index is 0.123. The molecule has 16 heavy (non-hydrogen) atoms. The van der Waals surface area contributed by atoms with Gasteiger partial charge in [-0.15, -0.1) is 0 Å². The minimum Gasteiger partial charge on any atom is -0.298 e. The molecule has 2 aromatic rings. The summed E-state index contributed by atoms with van der Waals surface area (Å²) in [6.45, 7) is 1.42. The van der Waals surface area contributed by atoms with Crippen molar-refractivity contribution in [1.29, 1.82) is 0 Å². The normalized spacial score (nSPS) is 13.0. The molecule has 1 heterocycles. The van der Waals surface area contributed by atoms with E-state index >= 15 is 0 Å². The molecular weight excluding hydrogens is 275 g/mol. The Morgan fingerprint density at radius 1 is 1.56 bits per heavy atom. The van der Waals surface area contributed by atoms with E-state index in [1.807, 2.05) is 0 Å². The third-order valence-electron chi connectivity index (χ3n) is 2.53. The van der Waals surface area contributed by atoms with Crippen molar-refractivity contribution in [2.75, 3.05) is 0 Å². The van der Waals surface area contributed by atoms with Crippen molar-refractivity contribution < 1.29 is 9.18 Å². The average molecular weight is 285 g/mol. The molecule has 2 rings (SSSR count). The first-order chi connectivity index (χ1) is 7.52. The second-order valence-electron chi connectivity index (χ2n) is 3.64. The summed E-state index contributed by atoms with van der Waals surface area (Å²) < 4.78 is 15.7. The van der Waals surface area contributed by atoms with E-state index in [2.05, 4.69) is 21.0 Å². The number of Topliss-reactive ketones (excluding diaryl/α,β-unsaturated/α-hetero) is 1. The average Bonchev–Trinajstić information content (AvgIpc) is 2.61. The highest BCUT2D eigenvalue weighted by Crippen LogP contribution is 2.30. The van der Waals surface area contributed by atoms with Crippen LogP contribution in [-0.4, -0.2) is 15.6 Å². The van der Waals surface area contributed by atoms with E-state index in [4.69, 9.17) is 0 Å². The quantitative estimate of drug-likeness (QED) is 0.795. The highest BCUT2D eigenvalue weighted by Gasteiger charge is 2.19. The molecule has 1 atom stereocenters. The van der Waals surface area contributed by atoms with Crippen LogP contribution in [0.3, 0.4) is 0 Å². The Morgan fingerprint density at radius 2 is 2.25 bits per heavy atom. The predicted molar refractivity (Wildman–Crippen MR) is 63.0 cm³/mol. The van der Waals surface area contributed by atoms with Gasteiger partial charge in [-0.05, 0) is 13.0 Å². The Bertz CT molecular complexity index is 564. The van der Waals surface area contributed by atoms with Gasteiger partial charge in [0.15, 0.2) is 0 Å². The van der Waals surface area contributed by atoms with Crippen LogP contribution in [0, 0.1) is 5.82 Å². The second kappa shape index (κ2) is 3.97. The maximum Gasteiger partial charge on any atom is 0.147 e. The number of nitrogens with zero attached hydrogens (tertiary/aromatic N) is 2. The van der Waals surface area contributed by atoms with E-state index in [-0.39, 0.29) is 11.6 Å². The van der Waals surface area contributed by atoms with Crippen molar-refractivity contribution in [3.8, 4) is 0 Å². The molecule has 84 valence electrons. The molecule has 1 aromatic heterocycles. The van der Waals surface area contributed by atoms with E-state index < -0.39 is 4.83 Å². The lowest BCUT2D eigenvalue weighted by atomic mass is 10.1. The maximum atomic E-state index is 14.1. The smallest absolute Gasteiger partial charge is 0.147 e. The van der Waals surface area contributed by atoms with Gasteiger partial charge in [0.25, 0.3) is 0 Å². The van der Waals surface area contributed by atoms with Crippen LogP contribution < -0.4 is 0 Å². The van der Waals surface area contributed by atoms with Crippen LogP contribution in [0.1, 0.15) is 17.3 Å². The Kier molecular flexibility index (Phi) is 2.80. The number of halogens is 2. The van der Waals surface area contributed by atoms with E-state index in [0.717, 1.165) is 0 Å². The molecule has 0 saturated carbocycles. The highest BCUT2D eigenvalue weighted by molar-refractivity contribution is 9.09. The van der Waals surface area contributed by atoms with Crippen molar-refractivity contribution in [2.24, 2.45) is 7.05 Å². The van der Waals surface area contributed by atoms with E-state index in [1.54, 1.807) is 23.9 Å². The number of alkyl halides is 1. The monoisotopic (exact) mass is 284 g/mol. The summed E-state index contributed by atoms with van der Waals surface area (Å²) in [6, 6.07) is 3.37. The lowest BCUT2D eigenvalue weighted by Crippen LogP contribution is -2.04. The Morgan fingerprint density at radius 3 is 2.88 bits per heavy atom. The van der Waals surface area contributed by atoms with Crippen molar-refractivity contribution >= 4 is 32.6 Å². The van der Waals surface area contributed by atoms with Crippen LogP contribution in [0.5, 0.6) is 0 Å². The van der Waals surface area contributed by atoms with Gasteiger partial charge < -0.3 is 0 Å². The number of hydrogen-bond donors (Lipinski definition) is 0. The molecule has 0 saturated heterocycles. The Balaban J connectivity index is 2.65. The van der Waals surface area contributed by atoms with Crippen molar-refractivity contribution in [2.45, 2.75) is 11.8 Å². The largest absolute Gasteiger partial charge is 0.298 e. The summed E-state index contributed by atoms with van der Waals surface area (Å²) in [5.41, 5.74) is 1.07. The molecule has 0 N–H and O–H groups in total. The summed E-state index contributed by atoms with van der Waals surface area (Å²) in [5, 5.41) is 4.41. The summed E-state index contributed by atoms with van der Waals surface area (Å²) in [4.78, 5) is 10.6. The van der Waals surface area contributed by atoms with E-state index in [9.17, 15) is 9.18 Å². The Labute approximate surface area is 100 Å². The zero-order chi connectivity index (χ0) is 11.9. The van der Waals surface area contributed by atoms with Crippen LogP contribution in [0.25, 0.3) is 10.9 Å². The molecule has 0 aliphatic carbocycles. The third kappa shape index (κ3) is 1.65. The number of carbonyl (C=O) groups is 1. The van der Waals surface area contributed by atoms with Crippen LogP contribution in [0.2, 0.25) is 0 Å². The molecular formula is C11H10BrFN2O. The SMILES string of the molecule is CC(=O)C(Br)c1ccc2c(cnn2C)c1F. The first-order valence-corrected chi connectivity index (χ1v) is 5.68. The highest BCUT2D eigenvalue weighted by atomic mass is 79.9. The number of benzene rings is 1. The van der Waals surface area contributed by atoms with Crippen LogP contribution in [0.15, 0.2) is 18.3 Å². The number of rotatable bonds is 2. The number of aryl methyl sites for hydroxylation is 1. The van der Waals surface area contributed by atoms with Gasteiger partial charge in [0.2, 0.25) is 0 Å². The maximum absolute atomic E-state index is 14.1. The second-order valence-corrected chi connectivity index (χ2v) is 4.56. The van der Waals surface area contributed by atoms with Crippen LogP contribution in [-0.2, 0) is 11.8 Å². The fourth-order valence-electron chi connectivity index (χ4n) is 1.63. The van der Waals surface area contributed by atoms with Crippen molar-refractivity contribution in [3.05, 3.63) is 29.7 Å². The van der Waals surface area contributed by atoms with E-state index in [1.165, 1.54) is 13.1 Å². The molecule has 0 aliphatic rings. The van der Waals surface area contributed by atoms with Crippen molar-refractivity contribution in [1.82, 2.24) is 9.78 Å². The van der Waals surface area contributed by atoms with Gasteiger partial charge >= 0.3 is 0 Å². The molecule has 0 amide bonds. The summed E-state index contributed by atoms with van der Waals surface area (Å²) >= 11 is 3.18. The molecule has 0 spiro atoms. The zero-order valence-electron chi connectivity index (χ0n) is 8.87. The molecule has 0 radical (unpaired) electrons. The van der Waals surface area contributed by atoms with Crippen molar-refractivity contribution in [3.63, 3.8) is 0 Å². The van der Waals surface area contributed by atoms with Gasteiger partial charge in [-0.3, -0.25) is 9.48 Å². The topological polar surface area (TPSA) is 34.9 Å². The van der Waals surface area contributed by atoms with Gasteiger partial charge in [-0.1, -0.05) is 22.0 Å². The van der Waals surface area contributed by atoms with Crippen LogP contribution >= 0.6 is 15.9 Å². The number of ketones is 1. The molecule has 1 unspecified atom stereocenters. The standard InChI is InChI=1S/C11H10BrFN2O/c1-6(16)10(12)7-3-4-9-8(11(7)13)5-14-15(9)2/h3-5,10H,1-2H3. The number of aromatic nitrogens is 2. The molecule has 3 nitrogen and oxygen atoms in total. The molecule has 0 bridgehead atoms. The zero-order valence-corrected chi connectivity index (χ0v) is 10.5.